The number of thioether (sulfide) groups is 1. The number of nitrogens with zero attached hydrogens (tertiary/aromatic N) is 1. The van der Waals surface area contributed by atoms with Gasteiger partial charge in [-0.25, -0.2) is 4.98 Å². The molecule has 1 aliphatic rings. The summed E-state index contributed by atoms with van der Waals surface area (Å²) >= 11 is 1.77. The lowest BCUT2D eigenvalue weighted by molar-refractivity contribution is 0.109. The van der Waals surface area contributed by atoms with Crippen molar-refractivity contribution in [2.75, 3.05) is 18.1 Å². The van der Waals surface area contributed by atoms with Gasteiger partial charge in [-0.1, -0.05) is 0 Å². The minimum absolute atomic E-state index is 0.478. The number of hydrogen-bond acceptors (Lipinski definition) is 4. The summed E-state index contributed by atoms with van der Waals surface area (Å²) in [7, 11) is 0. The lowest BCUT2D eigenvalue weighted by atomic mass is 10.2. The van der Waals surface area contributed by atoms with E-state index in [2.05, 4.69) is 4.98 Å². The van der Waals surface area contributed by atoms with E-state index in [1.54, 1.807) is 18.0 Å². The molecule has 15 heavy (non-hydrogen) atoms. The van der Waals surface area contributed by atoms with Gasteiger partial charge in [-0.3, -0.25) is 0 Å². The Morgan fingerprint density at radius 2 is 2.47 bits per heavy atom. The van der Waals surface area contributed by atoms with Gasteiger partial charge in [0.15, 0.2) is 0 Å². The highest BCUT2D eigenvalue weighted by molar-refractivity contribution is 7.99. The van der Waals surface area contributed by atoms with E-state index in [-0.39, 0.29) is 0 Å². The van der Waals surface area contributed by atoms with Gasteiger partial charge in [0.2, 0.25) is 0 Å². The van der Waals surface area contributed by atoms with Crippen molar-refractivity contribution in [1.82, 2.24) is 4.98 Å². The summed E-state index contributed by atoms with van der Waals surface area (Å²) in [6, 6.07) is 3.86. The third-order valence-corrected chi connectivity index (χ3v) is 3.45. The fourth-order valence-corrected chi connectivity index (χ4v) is 2.53. The number of hydrogen-bond donors (Lipinski definition) is 1. The van der Waals surface area contributed by atoms with E-state index in [1.807, 2.05) is 12.1 Å². The van der Waals surface area contributed by atoms with E-state index in [1.165, 1.54) is 12.8 Å². The molecule has 0 aromatic carbocycles. The van der Waals surface area contributed by atoms with Gasteiger partial charge in [0.1, 0.15) is 0 Å². The molecule has 2 rings (SSSR count). The van der Waals surface area contributed by atoms with Gasteiger partial charge in [-0.15, -0.1) is 11.8 Å². The molecule has 1 aromatic rings. The molecule has 82 valence electrons. The topological polar surface area (TPSA) is 48.1 Å². The largest absolute Gasteiger partial charge is 0.397 e. The van der Waals surface area contributed by atoms with Crippen molar-refractivity contribution in [2.24, 2.45) is 0 Å². The minimum atomic E-state index is 0.478. The van der Waals surface area contributed by atoms with E-state index in [4.69, 9.17) is 10.5 Å². The Hall–Kier alpha value is -0.740. The van der Waals surface area contributed by atoms with Crippen LogP contribution in [0.5, 0.6) is 0 Å². The fraction of sp³-hybridized carbons (Fsp3) is 0.545. The van der Waals surface area contributed by atoms with Gasteiger partial charge >= 0.3 is 0 Å². The Morgan fingerprint density at radius 3 is 3.13 bits per heavy atom. The van der Waals surface area contributed by atoms with Crippen LogP contribution in [-0.4, -0.2) is 23.4 Å². The molecule has 1 aliphatic heterocycles. The summed E-state index contributed by atoms with van der Waals surface area (Å²) in [4.78, 5) is 4.24. The molecule has 1 unspecified atom stereocenters. The third-order valence-electron chi connectivity index (χ3n) is 2.47. The highest BCUT2D eigenvalue weighted by Gasteiger charge is 2.14. The SMILES string of the molecule is Nc1ccc(SCCC2CCCO2)nc1. The first-order valence-corrected chi connectivity index (χ1v) is 6.29. The van der Waals surface area contributed by atoms with Crippen LogP contribution in [0.25, 0.3) is 0 Å². The van der Waals surface area contributed by atoms with Crippen molar-refractivity contribution < 1.29 is 4.74 Å². The summed E-state index contributed by atoms with van der Waals surface area (Å²) in [6.07, 6.45) is 5.74. The van der Waals surface area contributed by atoms with Crippen LogP contribution in [-0.2, 0) is 4.74 Å². The molecular weight excluding hydrogens is 208 g/mol. The molecule has 1 atom stereocenters. The van der Waals surface area contributed by atoms with Gasteiger partial charge < -0.3 is 10.5 Å². The Kier molecular flexibility index (Phi) is 3.86. The zero-order valence-corrected chi connectivity index (χ0v) is 9.50. The molecule has 0 spiro atoms. The first-order valence-electron chi connectivity index (χ1n) is 5.30. The molecule has 0 aliphatic carbocycles. The first kappa shape index (κ1) is 10.8. The molecular formula is C11H16N2OS. The highest BCUT2D eigenvalue weighted by atomic mass is 32.2. The van der Waals surface area contributed by atoms with Crippen LogP contribution in [0.4, 0.5) is 5.69 Å². The summed E-state index contributed by atoms with van der Waals surface area (Å²) in [5.41, 5.74) is 6.28. The summed E-state index contributed by atoms with van der Waals surface area (Å²) in [6.45, 7) is 0.940. The first-order chi connectivity index (χ1) is 7.34. The average molecular weight is 224 g/mol. The molecule has 0 saturated carbocycles. The van der Waals surface area contributed by atoms with Crippen LogP contribution in [0.2, 0.25) is 0 Å². The quantitative estimate of drug-likeness (QED) is 0.797. The van der Waals surface area contributed by atoms with E-state index in [9.17, 15) is 0 Å². The van der Waals surface area contributed by atoms with E-state index in [0.29, 0.717) is 6.10 Å². The Balaban J connectivity index is 1.71. The molecule has 2 heterocycles. The maximum atomic E-state index is 5.56. The van der Waals surface area contributed by atoms with Crippen molar-refractivity contribution in [2.45, 2.75) is 30.4 Å². The molecule has 1 fully saturated rings. The number of anilines is 1. The van der Waals surface area contributed by atoms with E-state index in [0.717, 1.165) is 29.5 Å². The summed E-state index contributed by atoms with van der Waals surface area (Å²) < 4.78 is 5.56. The smallest absolute Gasteiger partial charge is 0.0961 e. The van der Waals surface area contributed by atoms with Crippen LogP contribution < -0.4 is 5.73 Å². The van der Waals surface area contributed by atoms with Crippen LogP contribution in [0.1, 0.15) is 19.3 Å². The average Bonchev–Trinajstić information content (AvgIpc) is 2.74. The van der Waals surface area contributed by atoms with Crippen LogP contribution in [0, 0.1) is 0 Å². The third kappa shape index (κ3) is 3.39. The lowest BCUT2D eigenvalue weighted by Gasteiger charge is -2.07. The maximum Gasteiger partial charge on any atom is 0.0961 e. The zero-order valence-electron chi connectivity index (χ0n) is 8.69. The van der Waals surface area contributed by atoms with Crippen molar-refractivity contribution in [3.05, 3.63) is 18.3 Å². The summed E-state index contributed by atoms with van der Waals surface area (Å²) in [5.74, 6) is 1.07. The van der Waals surface area contributed by atoms with Crippen molar-refractivity contribution in [3.63, 3.8) is 0 Å². The lowest BCUT2D eigenvalue weighted by Crippen LogP contribution is -2.05. The predicted octanol–water partition coefficient (Wildman–Crippen LogP) is 2.33. The number of nitrogens with two attached hydrogens (primary N) is 1. The van der Waals surface area contributed by atoms with Crippen molar-refractivity contribution in [3.8, 4) is 0 Å². The van der Waals surface area contributed by atoms with Crippen molar-refractivity contribution in [1.29, 1.82) is 0 Å². The minimum Gasteiger partial charge on any atom is -0.397 e. The standard InChI is InChI=1S/C11H16N2OS/c12-9-3-4-11(13-8-9)15-7-5-10-2-1-6-14-10/h3-4,8,10H,1-2,5-7,12H2. The van der Waals surface area contributed by atoms with E-state index >= 15 is 0 Å². The second kappa shape index (κ2) is 5.37. The number of pyridine rings is 1. The maximum absolute atomic E-state index is 5.56. The molecule has 0 radical (unpaired) electrons. The number of nitrogen functional groups attached to an aromatic ring is 1. The van der Waals surface area contributed by atoms with Gasteiger partial charge in [0.05, 0.1) is 23.0 Å². The van der Waals surface area contributed by atoms with E-state index < -0.39 is 0 Å². The van der Waals surface area contributed by atoms with Crippen LogP contribution in [0.15, 0.2) is 23.4 Å². The van der Waals surface area contributed by atoms with Gasteiger partial charge in [-0.05, 0) is 31.4 Å². The molecule has 1 saturated heterocycles. The Labute approximate surface area is 94.4 Å². The number of rotatable bonds is 4. The molecule has 1 aromatic heterocycles. The molecule has 0 amide bonds. The van der Waals surface area contributed by atoms with Crippen LogP contribution >= 0.6 is 11.8 Å². The van der Waals surface area contributed by atoms with Crippen molar-refractivity contribution >= 4 is 17.4 Å². The molecule has 0 bridgehead atoms. The monoisotopic (exact) mass is 224 g/mol. The second-order valence-corrected chi connectivity index (χ2v) is 4.82. The number of aromatic nitrogens is 1. The fourth-order valence-electron chi connectivity index (χ4n) is 1.64. The number of ether oxygens (including phenoxy) is 1. The Morgan fingerprint density at radius 1 is 1.53 bits per heavy atom. The van der Waals surface area contributed by atoms with Gasteiger partial charge in [0, 0.05) is 12.4 Å². The second-order valence-electron chi connectivity index (χ2n) is 3.70. The van der Waals surface area contributed by atoms with Gasteiger partial charge in [-0.2, -0.15) is 0 Å². The summed E-state index contributed by atoms with van der Waals surface area (Å²) in [5, 5.41) is 1.04. The van der Waals surface area contributed by atoms with Crippen LogP contribution in [0.3, 0.4) is 0 Å². The predicted molar refractivity (Wildman–Crippen MR) is 63.0 cm³/mol. The highest BCUT2D eigenvalue weighted by Crippen LogP contribution is 2.21. The van der Waals surface area contributed by atoms with Gasteiger partial charge in [0.25, 0.3) is 0 Å². The zero-order chi connectivity index (χ0) is 10.5. The molecule has 2 N–H and O–H groups in total. The Bertz CT molecular complexity index is 296. The molecule has 3 nitrogen and oxygen atoms in total. The molecule has 4 heteroatoms. The normalized spacial score (nSPS) is 20.7.